The van der Waals surface area contributed by atoms with Crippen molar-refractivity contribution >= 4 is 22.7 Å². The first-order valence-electron chi connectivity index (χ1n) is 6.27. The van der Waals surface area contributed by atoms with Crippen molar-refractivity contribution in [2.45, 2.75) is 27.7 Å². The molecule has 0 bridgehead atoms. The van der Waals surface area contributed by atoms with Crippen molar-refractivity contribution in [1.82, 2.24) is 0 Å². The largest absolute Gasteiger partial charge is 0.478 e. The van der Waals surface area contributed by atoms with E-state index >= 15 is 0 Å². The molecule has 0 heterocycles. The van der Waals surface area contributed by atoms with Crippen LogP contribution in [0.2, 0.25) is 0 Å². The fraction of sp³-hybridized carbons (Fsp3) is 0.250. The predicted molar refractivity (Wildman–Crippen MR) is 76.8 cm³/mol. The molecule has 104 valence electrons. The summed E-state index contributed by atoms with van der Waals surface area (Å²) in [6.45, 7) is 7.12. The highest BCUT2D eigenvalue weighted by atomic mass is 16.4. The topological polar surface area (TPSA) is 74.6 Å². The SMILES string of the molecule is Cc1c(C(=O)O)c(C)c2ccc(C(=O)O)c(C)c2c1C. The molecule has 20 heavy (non-hydrogen) atoms. The molecule has 0 radical (unpaired) electrons. The van der Waals surface area contributed by atoms with Gasteiger partial charge in [-0.2, -0.15) is 0 Å². The first-order valence-corrected chi connectivity index (χ1v) is 6.27. The number of carboxylic acid groups (broad SMARTS) is 2. The maximum absolute atomic E-state index is 11.4. The van der Waals surface area contributed by atoms with Crippen LogP contribution in [-0.4, -0.2) is 22.2 Å². The zero-order chi connectivity index (χ0) is 15.2. The predicted octanol–water partition coefficient (Wildman–Crippen LogP) is 3.47. The fourth-order valence-electron chi connectivity index (χ4n) is 2.85. The lowest BCUT2D eigenvalue weighted by molar-refractivity contribution is 0.0684. The molecule has 0 aliphatic carbocycles. The molecule has 4 heteroatoms. The van der Waals surface area contributed by atoms with E-state index in [2.05, 4.69) is 0 Å². The zero-order valence-electron chi connectivity index (χ0n) is 11.9. The number of fused-ring (bicyclic) bond motifs is 1. The molecule has 0 fully saturated rings. The van der Waals surface area contributed by atoms with Crippen LogP contribution >= 0.6 is 0 Å². The van der Waals surface area contributed by atoms with Gasteiger partial charge in [0.1, 0.15) is 0 Å². The number of benzene rings is 2. The number of aromatic carboxylic acids is 2. The number of rotatable bonds is 2. The first-order chi connectivity index (χ1) is 9.27. The normalized spacial score (nSPS) is 10.8. The monoisotopic (exact) mass is 272 g/mol. The van der Waals surface area contributed by atoms with Crippen LogP contribution in [0.25, 0.3) is 10.8 Å². The van der Waals surface area contributed by atoms with E-state index in [4.69, 9.17) is 0 Å². The maximum Gasteiger partial charge on any atom is 0.336 e. The van der Waals surface area contributed by atoms with E-state index in [0.29, 0.717) is 22.3 Å². The van der Waals surface area contributed by atoms with Gasteiger partial charge >= 0.3 is 11.9 Å². The molecule has 2 aromatic rings. The van der Waals surface area contributed by atoms with Crippen LogP contribution in [0.5, 0.6) is 0 Å². The third-order valence-corrected chi connectivity index (χ3v) is 4.00. The van der Waals surface area contributed by atoms with Gasteiger partial charge in [-0.3, -0.25) is 0 Å². The van der Waals surface area contributed by atoms with Gasteiger partial charge in [-0.1, -0.05) is 6.07 Å². The molecule has 0 saturated carbocycles. The first kappa shape index (κ1) is 14.1. The van der Waals surface area contributed by atoms with E-state index in [1.54, 1.807) is 26.8 Å². The zero-order valence-corrected chi connectivity index (χ0v) is 11.9. The van der Waals surface area contributed by atoms with Gasteiger partial charge in [-0.05, 0) is 66.8 Å². The molecule has 0 saturated heterocycles. The Kier molecular flexibility index (Phi) is 3.26. The van der Waals surface area contributed by atoms with E-state index in [9.17, 15) is 19.8 Å². The van der Waals surface area contributed by atoms with Gasteiger partial charge in [0.15, 0.2) is 0 Å². The van der Waals surface area contributed by atoms with Crippen LogP contribution in [0.3, 0.4) is 0 Å². The average molecular weight is 272 g/mol. The minimum Gasteiger partial charge on any atom is -0.478 e. The van der Waals surface area contributed by atoms with Crippen molar-refractivity contribution in [3.63, 3.8) is 0 Å². The van der Waals surface area contributed by atoms with Gasteiger partial charge in [-0.15, -0.1) is 0 Å². The van der Waals surface area contributed by atoms with Crippen LogP contribution in [0.4, 0.5) is 0 Å². The number of carbonyl (C=O) groups is 2. The number of carboxylic acids is 2. The van der Waals surface area contributed by atoms with Crippen molar-refractivity contribution in [2.75, 3.05) is 0 Å². The van der Waals surface area contributed by atoms with Gasteiger partial charge < -0.3 is 10.2 Å². The Bertz CT molecular complexity index is 757. The van der Waals surface area contributed by atoms with E-state index in [0.717, 1.165) is 16.3 Å². The Morgan fingerprint density at radius 2 is 1.40 bits per heavy atom. The summed E-state index contributed by atoms with van der Waals surface area (Å²) >= 11 is 0. The summed E-state index contributed by atoms with van der Waals surface area (Å²) in [5, 5.41) is 20.2. The molecule has 4 nitrogen and oxygen atoms in total. The molecule has 2 N–H and O–H groups in total. The highest BCUT2D eigenvalue weighted by Gasteiger charge is 2.20. The van der Waals surface area contributed by atoms with Crippen molar-refractivity contribution in [3.05, 3.63) is 45.5 Å². The van der Waals surface area contributed by atoms with E-state index in [1.807, 2.05) is 6.92 Å². The molecule has 0 amide bonds. The van der Waals surface area contributed by atoms with Gasteiger partial charge in [0, 0.05) is 0 Å². The number of hydrogen-bond donors (Lipinski definition) is 2. The minimum absolute atomic E-state index is 0.252. The van der Waals surface area contributed by atoms with Gasteiger partial charge in [0.2, 0.25) is 0 Å². The Morgan fingerprint density at radius 1 is 0.800 bits per heavy atom. The van der Waals surface area contributed by atoms with Crippen molar-refractivity contribution in [3.8, 4) is 0 Å². The highest BCUT2D eigenvalue weighted by molar-refractivity contribution is 6.05. The molecular weight excluding hydrogens is 256 g/mol. The molecule has 2 aromatic carbocycles. The third kappa shape index (κ3) is 1.84. The average Bonchev–Trinajstić information content (AvgIpc) is 2.35. The Balaban J connectivity index is 3.04. The van der Waals surface area contributed by atoms with E-state index in [-0.39, 0.29) is 5.56 Å². The van der Waals surface area contributed by atoms with Crippen LogP contribution in [0, 0.1) is 27.7 Å². The molecule has 0 spiro atoms. The summed E-state index contributed by atoms with van der Waals surface area (Å²) in [4.78, 5) is 22.6. The van der Waals surface area contributed by atoms with Gasteiger partial charge in [0.25, 0.3) is 0 Å². The Morgan fingerprint density at radius 3 is 1.90 bits per heavy atom. The van der Waals surface area contributed by atoms with Gasteiger partial charge in [-0.25, -0.2) is 9.59 Å². The van der Waals surface area contributed by atoms with Crippen molar-refractivity contribution < 1.29 is 19.8 Å². The second kappa shape index (κ2) is 4.63. The lowest BCUT2D eigenvalue weighted by Gasteiger charge is -2.17. The molecular formula is C16H16O4. The van der Waals surface area contributed by atoms with Gasteiger partial charge in [0.05, 0.1) is 11.1 Å². The fourth-order valence-corrected chi connectivity index (χ4v) is 2.85. The summed E-state index contributed by atoms with van der Waals surface area (Å²) in [5.41, 5.74) is 3.42. The van der Waals surface area contributed by atoms with Crippen LogP contribution in [-0.2, 0) is 0 Å². The summed E-state index contributed by atoms with van der Waals surface area (Å²) < 4.78 is 0. The molecule has 0 aromatic heterocycles. The van der Waals surface area contributed by atoms with Crippen molar-refractivity contribution in [1.29, 1.82) is 0 Å². The number of hydrogen-bond acceptors (Lipinski definition) is 2. The van der Waals surface area contributed by atoms with Crippen LogP contribution < -0.4 is 0 Å². The molecule has 2 rings (SSSR count). The second-order valence-electron chi connectivity index (χ2n) is 5.02. The maximum atomic E-state index is 11.4. The van der Waals surface area contributed by atoms with Crippen molar-refractivity contribution in [2.24, 2.45) is 0 Å². The summed E-state index contributed by atoms with van der Waals surface area (Å²) in [7, 11) is 0. The highest BCUT2D eigenvalue weighted by Crippen LogP contribution is 2.33. The lowest BCUT2D eigenvalue weighted by Crippen LogP contribution is -2.08. The summed E-state index contributed by atoms with van der Waals surface area (Å²) in [6, 6.07) is 3.23. The molecule has 0 atom stereocenters. The molecule has 0 aliphatic heterocycles. The van der Waals surface area contributed by atoms with Crippen LogP contribution in [0.15, 0.2) is 12.1 Å². The standard InChI is InChI=1S/C16H16O4/c1-7-8(2)14(16(19)20)9(3)11-5-6-12(15(17)18)10(4)13(7)11/h5-6H,1-4H3,(H,17,18)(H,19,20). The number of aryl methyl sites for hydroxylation is 3. The smallest absolute Gasteiger partial charge is 0.336 e. The Hall–Kier alpha value is -2.36. The summed E-state index contributed by atoms with van der Waals surface area (Å²) in [5.74, 6) is -1.92. The molecule has 0 unspecified atom stereocenters. The third-order valence-electron chi connectivity index (χ3n) is 4.00. The van der Waals surface area contributed by atoms with E-state index in [1.165, 1.54) is 6.07 Å². The second-order valence-corrected chi connectivity index (χ2v) is 5.02. The summed E-state index contributed by atoms with van der Waals surface area (Å²) in [6.07, 6.45) is 0. The lowest BCUT2D eigenvalue weighted by atomic mass is 9.87. The quantitative estimate of drug-likeness (QED) is 0.877. The van der Waals surface area contributed by atoms with Crippen LogP contribution in [0.1, 0.15) is 43.0 Å². The minimum atomic E-state index is -0.971. The Labute approximate surface area is 116 Å². The molecule has 0 aliphatic rings. The van der Waals surface area contributed by atoms with E-state index < -0.39 is 11.9 Å².